The minimum Gasteiger partial charge on any atom is -0.478 e. The lowest BCUT2D eigenvalue weighted by Crippen LogP contribution is -2.23. The Kier molecular flexibility index (Phi) is 7.43. The fourth-order valence-corrected chi connectivity index (χ4v) is 8.25. The molecule has 1 heterocycles. The molecule has 5 rings (SSSR count). The van der Waals surface area contributed by atoms with Gasteiger partial charge in [0.25, 0.3) is 0 Å². The van der Waals surface area contributed by atoms with Crippen LogP contribution in [-0.4, -0.2) is 62.1 Å². The molecule has 1 N–H and O–H groups in total. The molecule has 0 fully saturated rings. The highest BCUT2D eigenvalue weighted by molar-refractivity contribution is 8.36. The van der Waals surface area contributed by atoms with Crippen LogP contribution >= 0.6 is 10.0 Å². The van der Waals surface area contributed by atoms with E-state index in [0.717, 1.165) is 44.1 Å². The summed E-state index contributed by atoms with van der Waals surface area (Å²) in [6.45, 7) is 4.07. The molecule has 1 aliphatic heterocycles. The molecule has 0 bridgehead atoms. The molecule has 3 aromatic rings. The molecule has 5 heteroatoms. The molecular weight excluding hydrogens is 524 g/mol. The van der Waals surface area contributed by atoms with Crippen LogP contribution in [0.15, 0.2) is 88.2 Å². The van der Waals surface area contributed by atoms with Crippen LogP contribution in [0.5, 0.6) is 0 Å². The largest absolute Gasteiger partial charge is 0.478 e. The Morgan fingerprint density at radius 2 is 1.56 bits per heavy atom. The first-order valence-corrected chi connectivity index (χ1v) is 16.3. The molecule has 0 saturated carbocycles. The number of carboxylic acid groups (broad SMARTS) is 1. The molecule has 1 aliphatic carbocycles. The number of hydrogen-bond acceptors (Lipinski definition) is 2. The number of fused-ring (bicyclic) bond motifs is 2. The van der Waals surface area contributed by atoms with Crippen molar-refractivity contribution in [2.45, 2.75) is 18.7 Å². The predicted molar refractivity (Wildman–Crippen MR) is 177 cm³/mol. The summed E-state index contributed by atoms with van der Waals surface area (Å²) in [6, 6.07) is 18.8. The highest BCUT2D eigenvalue weighted by Gasteiger charge is 2.36. The maximum absolute atomic E-state index is 12.4. The summed E-state index contributed by atoms with van der Waals surface area (Å²) < 4.78 is 2.14. The zero-order valence-corrected chi connectivity index (χ0v) is 26.1. The third-order valence-electron chi connectivity index (χ3n) is 8.11. The Morgan fingerprint density at radius 3 is 2.20 bits per heavy atom. The third kappa shape index (κ3) is 5.00. The fraction of sp³-hybridized carbons (Fsp3) is 0.222. The molecule has 0 saturated heterocycles. The number of allylic oxidation sites excluding steroid dienone is 4. The molecule has 0 spiro atoms. The molecule has 4 nitrogen and oxygen atoms in total. The molecule has 2 aliphatic rings. The van der Waals surface area contributed by atoms with Crippen LogP contribution in [-0.2, 0) is 0 Å². The van der Waals surface area contributed by atoms with Gasteiger partial charge in [0.2, 0.25) is 5.71 Å². The maximum Gasteiger partial charge on any atom is 0.335 e. The molecule has 0 atom stereocenters. The van der Waals surface area contributed by atoms with E-state index in [-0.39, 0.29) is 5.56 Å². The monoisotopic (exact) mass is 563 g/mol. The van der Waals surface area contributed by atoms with Crippen molar-refractivity contribution in [3.63, 3.8) is 0 Å². The lowest BCUT2D eigenvalue weighted by atomic mass is 9.87. The van der Waals surface area contributed by atoms with E-state index in [1.54, 1.807) is 6.07 Å². The van der Waals surface area contributed by atoms with Crippen molar-refractivity contribution < 1.29 is 14.5 Å². The van der Waals surface area contributed by atoms with Crippen molar-refractivity contribution in [2.75, 3.05) is 45.6 Å². The van der Waals surface area contributed by atoms with Crippen LogP contribution in [0.2, 0.25) is 0 Å². The molecule has 0 unspecified atom stereocenters. The van der Waals surface area contributed by atoms with Crippen molar-refractivity contribution in [1.29, 1.82) is 0 Å². The Labute approximate surface area is 245 Å². The first kappa shape index (κ1) is 28.4. The Morgan fingerprint density at radius 1 is 0.854 bits per heavy atom. The average Bonchev–Trinajstić information content (AvgIpc) is 2.96. The van der Waals surface area contributed by atoms with Crippen molar-refractivity contribution in [3.8, 4) is 11.1 Å². The smallest absolute Gasteiger partial charge is 0.335 e. The van der Waals surface area contributed by atoms with Gasteiger partial charge in [-0.05, 0) is 113 Å². The van der Waals surface area contributed by atoms with Gasteiger partial charge in [0.05, 0.1) is 5.56 Å². The minimum atomic E-state index is -1.36. The summed E-state index contributed by atoms with van der Waals surface area (Å²) in [5, 5.41) is 12.5. The van der Waals surface area contributed by atoms with E-state index < -0.39 is 16.0 Å². The molecule has 210 valence electrons. The summed E-state index contributed by atoms with van der Waals surface area (Å²) in [5.41, 5.74) is 8.85. The molecule has 41 heavy (non-hydrogen) atoms. The second-order valence-electron chi connectivity index (χ2n) is 11.4. The number of aromatic carboxylic acids is 1. The van der Waals surface area contributed by atoms with E-state index in [1.807, 2.05) is 19.9 Å². The van der Waals surface area contributed by atoms with Crippen molar-refractivity contribution in [1.82, 2.24) is 0 Å². The lowest BCUT2D eigenvalue weighted by Gasteiger charge is -2.43. The average molecular weight is 564 g/mol. The molecule has 0 aromatic heterocycles. The predicted octanol–water partition coefficient (Wildman–Crippen LogP) is 6.12. The number of nitrogens with zero attached hydrogens (tertiary/aromatic N) is 2. The fourth-order valence-electron chi connectivity index (χ4n) is 5.74. The number of anilines is 1. The van der Waals surface area contributed by atoms with Gasteiger partial charge >= 0.3 is 5.97 Å². The Balaban J connectivity index is 1.86. The van der Waals surface area contributed by atoms with Crippen LogP contribution < -0.4 is 15.3 Å². The van der Waals surface area contributed by atoms with Gasteiger partial charge in [0, 0.05) is 41.7 Å². The highest BCUT2D eigenvalue weighted by atomic mass is 32.3. The number of carboxylic acids is 1. The molecule has 0 amide bonds. The van der Waals surface area contributed by atoms with E-state index in [1.165, 1.54) is 20.9 Å². The number of rotatable bonds is 4. The topological polar surface area (TPSA) is 43.5 Å². The van der Waals surface area contributed by atoms with E-state index in [0.29, 0.717) is 0 Å². The number of carbonyl (C=O) groups is 1. The second kappa shape index (κ2) is 10.7. The SMILES string of the molecule is C/C=c1\ccc(-c2cc(C(=O)O)cc(C3=C4C=CC(=[N+](C)C)C=C4S(C)(C)c4cc(N(C)C)ccc43)c2)c\c1=C/C. The van der Waals surface area contributed by atoms with Crippen molar-refractivity contribution in [2.24, 2.45) is 0 Å². The summed E-state index contributed by atoms with van der Waals surface area (Å²) in [7, 11) is 6.93. The van der Waals surface area contributed by atoms with Gasteiger partial charge in [0.15, 0.2) is 0 Å². The second-order valence-corrected chi connectivity index (χ2v) is 14.9. The number of hydrogen-bond donors (Lipinski definition) is 1. The van der Waals surface area contributed by atoms with Crippen LogP contribution in [0.4, 0.5) is 5.69 Å². The van der Waals surface area contributed by atoms with E-state index in [9.17, 15) is 9.90 Å². The van der Waals surface area contributed by atoms with E-state index in [2.05, 4.69) is 123 Å². The van der Waals surface area contributed by atoms with Crippen molar-refractivity contribution in [3.05, 3.63) is 110 Å². The van der Waals surface area contributed by atoms with Gasteiger partial charge in [-0.25, -0.2) is 9.37 Å². The summed E-state index contributed by atoms with van der Waals surface area (Å²) in [4.78, 5) is 17.2. The van der Waals surface area contributed by atoms with Gasteiger partial charge in [-0.2, -0.15) is 10.0 Å². The molecule has 3 aromatic carbocycles. The lowest BCUT2D eigenvalue weighted by molar-refractivity contribution is -0.462. The summed E-state index contributed by atoms with van der Waals surface area (Å²) in [5.74, 6) is -0.928. The number of benzene rings is 3. The van der Waals surface area contributed by atoms with E-state index >= 15 is 0 Å². The van der Waals surface area contributed by atoms with Crippen LogP contribution in [0.25, 0.3) is 28.9 Å². The maximum atomic E-state index is 12.4. The first-order chi connectivity index (χ1) is 19.5. The van der Waals surface area contributed by atoms with Crippen LogP contribution in [0, 0.1) is 0 Å². The van der Waals surface area contributed by atoms with Gasteiger partial charge in [-0.1, -0.05) is 30.4 Å². The highest BCUT2D eigenvalue weighted by Crippen LogP contribution is 2.66. The normalized spacial score (nSPS) is 17.2. The Hall–Kier alpha value is -4.09. The van der Waals surface area contributed by atoms with Crippen LogP contribution in [0.1, 0.15) is 35.3 Å². The zero-order chi connectivity index (χ0) is 29.6. The Bertz CT molecular complexity index is 1850. The zero-order valence-electron chi connectivity index (χ0n) is 25.2. The summed E-state index contributed by atoms with van der Waals surface area (Å²) >= 11 is 0. The van der Waals surface area contributed by atoms with Gasteiger partial charge in [-0.3, -0.25) is 0 Å². The minimum absolute atomic E-state index is 0.285. The summed E-state index contributed by atoms with van der Waals surface area (Å²) in [6.07, 6.45) is 15.6. The van der Waals surface area contributed by atoms with Gasteiger partial charge in [0.1, 0.15) is 14.1 Å². The van der Waals surface area contributed by atoms with Crippen molar-refractivity contribution >= 4 is 45.1 Å². The van der Waals surface area contributed by atoms with Crippen LogP contribution in [0.3, 0.4) is 0 Å². The quantitative estimate of drug-likeness (QED) is 0.389. The molecule has 0 radical (unpaired) electrons. The van der Waals surface area contributed by atoms with E-state index in [4.69, 9.17) is 0 Å². The standard InChI is InChI=1S/C36H38N2O2S/c1-9-23-11-12-25(17-24(23)10-2)26-18-27(20-28(19-26)36(39)40)35-31-15-13-29(37(3)4)21-33(31)41(7,8)34-22-30(38(5)6)14-16-32(34)35/h9-22H,1-8H3/p+1/b23-9+,24-10+. The third-order valence-corrected chi connectivity index (χ3v) is 11.0. The molecular formula is C36H39N2O2S+. The van der Waals surface area contributed by atoms with Gasteiger partial charge < -0.3 is 10.0 Å². The first-order valence-electron chi connectivity index (χ1n) is 13.8. The van der Waals surface area contributed by atoms with Gasteiger partial charge in [-0.15, -0.1) is 0 Å².